The lowest BCUT2D eigenvalue weighted by Crippen LogP contribution is -2.55. The fourth-order valence-electron chi connectivity index (χ4n) is 4.24. The average molecular weight is 479 g/mol. The van der Waals surface area contributed by atoms with Crippen molar-refractivity contribution < 1.29 is 19.2 Å². The summed E-state index contributed by atoms with van der Waals surface area (Å²) < 4.78 is 0. The van der Waals surface area contributed by atoms with Crippen LogP contribution in [0.2, 0.25) is 0 Å². The number of carbonyl (C=O) groups excluding carboxylic acids is 4. The van der Waals surface area contributed by atoms with Gasteiger partial charge in [-0.3, -0.25) is 19.2 Å². The number of nitrogens with zero attached hydrogens (tertiary/aromatic N) is 2. The van der Waals surface area contributed by atoms with Crippen LogP contribution in [0, 0.1) is 0 Å². The number of amides is 4. The third kappa shape index (κ3) is 6.91. The van der Waals surface area contributed by atoms with Gasteiger partial charge in [0.1, 0.15) is 6.04 Å². The molecular weight excluding hydrogens is 444 g/mol. The van der Waals surface area contributed by atoms with Gasteiger partial charge in [-0.05, 0) is 42.2 Å². The zero-order chi connectivity index (χ0) is 25.2. The van der Waals surface area contributed by atoms with Crippen LogP contribution in [0.5, 0.6) is 0 Å². The Bertz CT molecular complexity index is 1070. The maximum atomic E-state index is 13.2. The zero-order valence-electron chi connectivity index (χ0n) is 20.3. The highest BCUT2D eigenvalue weighted by Crippen LogP contribution is 2.21. The normalized spacial score (nSPS) is 14.3. The Kier molecular flexibility index (Phi) is 9.40. The van der Waals surface area contributed by atoms with Gasteiger partial charge in [0, 0.05) is 44.7 Å². The summed E-state index contributed by atoms with van der Waals surface area (Å²) in [6, 6.07) is 12.9. The van der Waals surface area contributed by atoms with E-state index in [1.165, 1.54) is 6.08 Å². The van der Waals surface area contributed by atoms with Crippen LogP contribution in [-0.2, 0) is 14.4 Å². The lowest BCUT2D eigenvalue weighted by Gasteiger charge is -2.36. The molecule has 1 aliphatic rings. The van der Waals surface area contributed by atoms with Crippen LogP contribution >= 0.6 is 0 Å². The largest absolute Gasteiger partial charge is 0.353 e. The lowest BCUT2D eigenvalue weighted by atomic mass is 10.0. The van der Waals surface area contributed by atoms with Crippen molar-refractivity contribution in [2.45, 2.75) is 38.6 Å². The summed E-state index contributed by atoms with van der Waals surface area (Å²) >= 11 is 0. The van der Waals surface area contributed by atoms with E-state index in [4.69, 9.17) is 0 Å². The second-order valence-corrected chi connectivity index (χ2v) is 8.61. The van der Waals surface area contributed by atoms with Gasteiger partial charge >= 0.3 is 0 Å². The number of piperazine rings is 1. The summed E-state index contributed by atoms with van der Waals surface area (Å²) in [6.45, 7) is 7.38. The minimum absolute atomic E-state index is 0.0358. The minimum atomic E-state index is -0.613. The molecule has 35 heavy (non-hydrogen) atoms. The Morgan fingerprint density at radius 1 is 0.971 bits per heavy atom. The van der Waals surface area contributed by atoms with Crippen molar-refractivity contribution >= 4 is 34.4 Å². The van der Waals surface area contributed by atoms with Crippen LogP contribution in [0.3, 0.4) is 0 Å². The molecule has 3 rings (SSSR count). The molecule has 1 fully saturated rings. The van der Waals surface area contributed by atoms with E-state index >= 15 is 0 Å². The standard InChI is InChI=1S/C27H34N4O4/c1-3-24(32)28-15-8-7-14-23(29-25(33)4-2)27(35)31-18-16-30(17-19-31)26(34)22-13-9-11-20-10-5-6-12-21(20)22/h3,5-6,9-13,23H,1,4,7-8,14-19H2,2H3,(H,28,32)(H,29,33). The number of hydrogen-bond acceptors (Lipinski definition) is 4. The summed E-state index contributed by atoms with van der Waals surface area (Å²) in [6.07, 6.45) is 3.38. The maximum absolute atomic E-state index is 13.2. The Labute approximate surface area is 206 Å². The second-order valence-electron chi connectivity index (χ2n) is 8.61. The molecule has 0 saturated carbocycles. The predicted octanol–water partition coefficient (Wildman–Crippen LogP) is 2.49. The predicted molar refractivity (Wildman–Crippen MR) is 136 cm³/mol. The molecule has 8 nitrogen and oxygen atoms in total. The van der Waals surface area contributed by atoms with Gasteiger partial charge in [-0.2, -0.15) is 0 Å². The first-order chi connectivity index (χ1) is 16.9. The van der Waals surface area contributed by atoms with Crippen molar-refractivity contribution in [3.05, 3.63) is 60.7 Å². The van der Waals surface area contributed by atoms with Crippen molar-refractivity contribution in [2.24, 2.45) is 0 Å². The van der Waals surface area contributed by atoms with E-state index in [2.05, 4.69) is 17.2 Å². The number of benzene rings is 2. The Hall–Kier alpha value is -3.68. The van der Waals surface area contributed by atoms with Gasteiger partial charge < -0.3 is 20.4 Å². The fourth-order valence-corrected chi connectivity index (χ4v) is 4.24. The highest BCUT2D eigenvalue weighted by Gasteiger charge is 2.30. The van der Waals surface area contributed by atoms with E-state index in [0.29, 0.717) is 64.0 Å². The number of nitrogens with one attached hydrogen (secondary N) is 2. The molecule has 1 unspecified atom stereocenters. The highest BCUT2D eigenvalue weighted by molar-refractivity contribution is 6.07. The molecule has 0 radical (unpaired) electrons. The molecule has 1 aliphatic heterocycles. The number of hydrogen-bond donors (Lipinski definition) is 2. The molecule has 4 amide bonds. The van der Waals surface area contributed by atoms with Crippen LogP contribution in [0.1, 0.15) is 43.0 Å². The lowest BCUT2D eigenvalue weighted by molar-refractivity contribution is -0.137. The highest BCUT2D eigenvalue weighted by atomic mass is 16.2. The van der Waals surface area contributed by atoms with Gasteiger partial charge in [0.2, 0.25) is 17.7 Å². The molecule has 1 heterocycles. The number of unbranched alkanes of at least 4 members (excludes halogenated alkanes) is 1. The average Bonchev–Trinajstić information content (AvgIpc) is 2.90. The van der Waals surface area contributed by atoms with Gasteiger partial charge in [-0.1, -0.05) is 49.9 Å². The van der Waals surface area contributed by atoms with Crippen molar-refractivity contribution in [1.82, 2.24) is 20.4 Å². The zero-order valence-corrected chi connectivity index (χ0v) is 20.3. The van der Waals surface area contributed by atoms with Gasteiger partial charge in [0.15, 0.2) is 0 Å². The first-order valence-corrected chi connectivity index (χ1v) is 12.2. The maximum Gasteiger partial charge on any atom is 0.254 e. The van der Waals surface area contributed by atoms with Crippen LogP contribution in [0.4, 0.5) is 0 Å². The number of rotatable bonds is 10. The van der Waals surface area contributed by atoms with Crippen molar-refractivity contribution in [3.8, 4) is 0 Å². The number of fused-ring (bicyclic) bond motifs is 1. The molecule has 2 aromatic rings. The Morgan fingerprint density at radius 2 is 1.66 bits per heavy atom. The Balaban J connectivity index is 1.57. The third-order valence-corrected chi connectivity index (χ3v) is 6.26. The minimum Gasteiger partial charge on any atom is -0.353 e. The van der Waals surface area contributed by atoms with Crippen LogP contribution in [0.25, 0.3) is 10.8 Å². The van der Waals surface area contributed by atoms with Crippen molar-refractivity contribution in [1.29, 1.82) is 0 Å². The molecule has 2 aromatic carbocycles. The fraction of sp³-hybridized carbons (Fsp3) is 0.407. The molecule has 8 heteroatoms. The second kappa shape index (κ2) is 12.7. The summed E-state index contributed by atoms with van der Waals surface area (Å²) in [5.41, 5.74) is 0.666. The van der Waals surface area contributed by atoms with Crippen LogP contribution < -0.4 is 10.6 Å². The summed E-state index contributed by atoms with van der Waals surface area (Å²) in [7, 11) is 0. The molecule has 186 valence electrons. The van der Waals surface area contributed by atoms with Gasteiger partial charge in [-0.15, -0.1) is 0 Å². The van der Waals surface area contributed by atoms with E-state index in [0.717, 1.165) is 10.8 Å². The van der Waals surface area contributed by atoms with Crippen molar-refractivity contribution in [3.63, 3.8) is 0 Å². The first-order valence-electron chi connectivity index (χ1n) is 12.2. The monoisotopic (exact) mass is 478 g/mol. The smallest absolute Gasteiger partial charge is 0.254 e. The topological polar surface area (TPSA) is 98.8 Å². The van der Waals surface area contributed by atoms with Crippen LogP contribution in [-0.4, -0.2) is 72.2 Å². The molecule has 2 N–H and O–H groups in total. The van der Waals surface area contributed by atoms with Gasteiger partial charge in [0.05, 0.1) is 0 Å². The molecule has 0 aliphatic carbocycles. The Morgan fingerprint density at radius 3 is 2.37 bits per heavy atom. The number of carbonyl (C=O) groups is 4. The molecular formula is C27H34N4O4. The van der Waals surface area contributed by atoms with E-state index in [9.17, 15) is 19.2 Å². The van der Waals surface area contributed by atoms with Gasteiger partial charge in [-0.25, -0.2) is 0 Å². The van der Waals surface area contributed by atoms with E-state index in [1.54, 1.807) is 16.7 Å². The SMILES string of the molecule is C=CC(=O)NCCCCC(NC(=O)CC)C(=O)N1CCN(C(=O)c2cccc3ccccc23)CC1. The van der Waals surface area contributed by atoms with Crippen LogP contribution in [0.15, 0.2) is 55.1 Å². The molecule has 1 atom stereocenters. The quantitative estimate of drug-likeness (QED) is 0.405. The van der Waals surface area contributed by atoms with Crippen molar-refractivity contribution in [2.75, 3.05) is 32.7 Å². The molecule has 0 spiro atoms. The third-order valence-electron chi connectivity index (χ3n) is 6.26. The van der Waals surface area contributed by atoms with Gasteiger partial charge in [0.25, 0.3) is 5.91 Å². The molecule has 0 bridgehead atoms. The van der Waals surface area contributed by atoms with E-state index in [1.807, 2.05) is 42.5 Å². The summed E-state index contributed by atoms with van der Waals surface area (Å²) in [5, 5.41) is 7.49. The van der Waals surface area contributed by atoms with E-state index in [-0.39, 0.29) is 23.6 Å². The molecule has 0 aromatic heterocycles. The molecule has 1 saturated heterocycles. The van der Waals surface area contributed by atoms with E-state index < -0.39 is 6.04 Å². The summed E-state index contributed by atoms with van der Waals surface area (Å²) in [5.74, 6) is -0.564. The summed E-state index contributed by atoms with van der Waals surface area (Å²) in [4.78, 5) is 53.2. The first kappa shape index (κ1) is 25.9.